The van der Waals surface area contributed by atoms with Gasteiger partial charge in [0.2, 0.25) is 5.95 Å². The van der Waals surface area contributed by atoms with E-state index in [0.29, 0.717) is 12.5 Å². The molecule has 0 aliphatic heterocycles. The number of pyridine rings is 1. The second-order valence-corrected chi connectivity index (χ2v) is 5.36. The molecule has 0 aliphatic rings. The predicted octanol–water partition coefficient (Wildman–Crippen LogP) is 2.69. The first-order valence-electron chi connectivity index (χ1n) is 6.27. The van der Waals surface area contributed by atoms with E-state index in [2.05, 4.69) is 46.4 Å². The molecule has 0 aromatic carbocycles. The molecule has 0 bridgehead atoms. The van der Waals surface area contributed by atoms with Crippen LogP contribution in [0.4, 0.5) is 11.8 Å². The van der Waals surface area contributed by atoms with E-state index in [1.165, 1.54) is 0 Å². The van der Waals surface area contributed by atoms with Gasteiger partial charge in [-0.05, 0) is 38.5 Å². The maximum Gasteiger partial charge on any atom is 0.224 e. The summed E-state index contributed by atoms with van der Waals surface area (Å²) in [6.07, 6.45) is 5.32. The molecule has 0 saturated carbocycles. The number of aromatic nitrogens is 3. The van der Waals surface area contributed by atoms with Gasteiger partial charge in [0.25, 0.3) is 0 Å². The zero-order valence-electron chi connectivity index (χ0n) is 11.5. The molecule has 0 radical (unpaired) electrons. The molecule has 0 fully saturated rings. The summed E-state index contributed by atoms with van der Waals surface area (Å²) in [4.78, 5) is 12.7. The molecule has 2 rings (SSSR count). The Hall–Kier alpha value is -2.17. The standard InChI is InChI=1S/C14H19N5/c1-14(2,3)19-12-6-8-16-13(18-12)17-10-11-5-4-7-15-9-11/h4-9H,10H2,1-3H3,(H2,16,17,18,19). The van der Waals surface area contributed by atoms with Crippen molar-refractivity contribution in [1.29, 1.82) is 0 Å². The summed E-state index contributed by atoms with van der Waals surface area (Å²) >= 11 is 0. The van der Waals surface area contributed by atoms with Gasteiger partial charge in [-0.3, -0.25) is 4.98 Å². The molecule has 0 aliphatic carbocycles. The summed E-state index contributed by atoms with van der Waals surface area (Å²) in [5.74, 6) is 1.43. The summed E-state index contributed by atoms with van der Waals surface area (Å²) in [6, 6.07) is 5.78. The van der Waals surface area contributed by atoms with Crippen LogP contribution in [-0.2, 0) is 6.54 Å². The zero-order chi connectivity index (χ0) is 13.7. The lowest BCUT2D eigenvalue weighted by Crippen LogP contribution is -2.26. The molecule has 2 N–H and O–H groups in total. The maximum atomic E-state index is 4.42. The number of rotatable bonds is 4. The first-order chi connectivity index (χ1) is 9.03. The average molecular weight is 257 g/mol. The SMILES string of the molecule is CC(C)(C)Nc1ccnc(NCc2cccnc2)n1. The second-order valence-electron chi connectivity index (χ2n) is 5.36. The summed E-state index contributed by atoms with van der Waals surface area (Å²) in [5, 5.41) is 6.50. The van der Waals surface area contributed by atoms with Gasteiger partial charge in [-0.2, -0.15) is 4.98 Å². The molecular weight excluding hydrogens is 238 g/mol. The van der Waals surface area contributed by atoms with Crippen LogP contribution >= 0.6 is 0 Å². The van der Waals surface area contributed by atoms with E-state index in [0.717, 1.165) is 11.4 Å². The smallest absolute Gasteiger partial charge is 0.224 e. The van der Waals surface area contributed by atoms with Crippen molar-refractivity contribution in [2.75, 3.05) is 10.6 Å². The molecule has 5 heteroatoms. The molecule has 2 heterocycles. The molecular formula is C14H19N5. The fourth-order valence-corrected chi connectivity index (χ4v) is 1.58. The molecule has 0 atom stereocenters. The van der Waals surface area contributed by atoms with Crippen LogP contribution in [0, 0.1) is 0 Å². The maximum absolute atomic E-state index is 4.42. The topological polar surface area (TPSA) is 62.7 Å². The van der Waals surface area contributed by atoms with Crippen LogP contribution in [0.5, 0.6) is 0 Å². The van der Waals surface area contributed by atoms with Crippen LogP contribution in [0.25, 0.3) is 0 Å². The van der Waals surface area contributed by atoms with Crippen LogP contribution in [0.2, 0.25) is 0 Å². The lowest BCUT2D eigenvalue weighted by molar-refractivity contribution is 0.630. The monoisotopic (exact) mass is 257 g/mol. The van der Waals surface area contributed by atoms with E-state index in [4.69, 9.17) is 0 Å². The Labute approximate surface area is 113 Å². The quantitative estimate of drug-likeness (QED) is 0.881. The minimum absolute atomic E-state index is 0.0189. The van der Waals surface area contributed by atoms with Gasteiger partial charge in [0.05, 0.1) is 0 Å². The third kappa shape index (κ3) is 4.54. The van der Waals surface area contributed by atoms with Crippen molar-refractivity contribution in [3.05, 3.63) is 42.4 Å². The van der Waals surface area contributed by atoms with Gasteiger partial charge >= 0.3 is 0 Å². The first kappa shape index (κ1) is 13.3. The Kier molecular flexibility index (Phi) is 3.94. The fourth-order valence-electron chi connectivity index (χ4n) is 1.58. The Morgan fingerprint density at radius 3 is 2.68 bits per heavy atom. The van der Waals surface area contributed by atoms with E-state index < -0.39 is 0 Å². The van der Waals surface area contributed by atoms with E-state index in [1.807, 2.05) is 24.4 Å². The van der Waals surface area contributed by atoms with Crippen molar-refractivity contribution in [3.63, 3.8) is 0 Å². The molecule has 0 spiro atoms. The normalized spacial score (nSPS) is 11.1. The third-order valence-corrected chi connectivity index (χ3v) is 2.33. The van der Waals surface area contributed by atoms with Crippen LogP contribution in [-0.4, -0.2) is 20.5 Å². The largest absolute Gasteiger partial charge is 0.365 e. The number of nitrogens with one attached hydrogen (secondary N) is 2. The van der Waals surface area contributed by atoms with Gasteiger partial charge in [-0.1, -0.05) is 6.07 Å². The fraction of sp³-hybridized carbons (Fsp3) is 0.357. The van der Waals surface area contributed by atoms with Crippen molar-refractivity contribution in [3.8, 4) is 0 Å². The highest BCUT2D eigenvalue weighted by Gasteiger charge is 2.10. The van der Waals surface area contributed by atoms with Crippen molar-refractivity contribution in [2.45, 2.75) is 32.9 Å². The first-order valence-corrected chi connectivity index (χ1v) is 6.27. The summed E-state index contributed by atoms with van der Waals surface area (Å²) in [7, 11) is 0. The predicted molar refractivity (Wildman–Crippen MR) is 77.0 cm³/mol. The minimum atomic E-state index is -0.0189. The molecule has 0 amide bonds. The molecule has 0 saturated heterocycles. The van der Waals surface area contributed by atoms with Crippen LogP contribution in [0.3, 0.4) is 0 Å². The highest BCUT2D eigenvalue weighted by atomic mass is 15.1. The van der Waals surface area contributed by atoms with Gasteiger partial charge in [0, 0.05) is 30.7 Å². The van der Waals surface area contributed by atoms with Gasteiger partial charge in [0.15, 0.2) is 0 Å². The molecule has 0 unspecified atom stereocenters. The molecule has 19 heavy (non-hydrogen) atoms. The lowest BCUT2D eigenvalue weighted by atomic mass is 10.1. The Bertz CT molecular complexity index is 519. The summed E-state index contributed by atoms with van der Waals surface area (Å²) < 4.78 is 0. The van der Waals surface area contributed by atoms with Crippen LogP contribution < -0.4 is 10.6 Å². The highest BCUT2D eigenvalue weighted by molar-refractivity contribution is 5.41. The van der Waals surface area contributed by atoms with Crippen LogP contribution in [0.15, 0.2) is 36.8 Å². The van der Waals surface area contributed by atoms with E-state index in [9.17, 15) is 0 Å². The summed E-state index contributed by atoms with van der Waals surface area (Å²) in [5.41, 5.74) is 1.08. The Morgan fingerprint density at radius 2 is 2.00 bits per heavy atom. The highest BCUT2D eigenvalue weighted by Crippen LogP contribution is 2.13. The molecule has 2 aromatic heterocycles. The van der Waals surface area contributed by atoms with Crippen LogP contribution in [0.1, 0.15) is 26.3 Å². The van der Waals surface area contributed by atoms with E-state index in [1.54, 1.807) is 12.4 Å². The van der Waals surface area contributed by atoms with E-state index >= 15 is 0 Å². The average Bonchev–Trinajstić information content (AvgIpc) is 2.36. The Balaban J connectivity index is 1.99. The van der Waals surface area contributed by atoms with Gasteiger partial charge in [-0.15, -0.1) is 0 Å². The third-order valence-electron chi connectivity index (χ3n) is 2.33. The summed E-state index contributed by atoms with van der Waals surface area (Å²) in [6.45, 7) is 6.94. The number of anilines is 2. The second kappa shape index (κ2) is 5.65. The van der Waals surface area contributed by atoms with Crippen molar-refractivity contribution >= 4 is 11.8 Å². The van der Waals surface area contributed by atoms with Crippen molar-refractivity contribution < 1.29 is 0 Å². The van der Waals surface area contributed by atoms with Crippen molar-refractivity contribution in [1.82, 2.24) is 15.0 Å². The zero-order valence-corrected chi connectivity index (χ0v) is 11.5. The number of nitrogens with zero attached hydrogens (tertiary/aromatic N) is 3. The van der Waals surface area contributed by atoms with Gasteiger partial charge in [-0.25, -0.2) is 4.98 Å². The van der Waals surface area contributed by atoms with Crippen molar-refractivity contribution in [2.24, 2.45) is 0 Å². The lowest BCUT2D eigenvalue weighted by Gasteiger charge is -2.21. The Morgan fingerprint density at radius 1 is 1.16 bits per heavy atom. The molecule has 5 nitrogen and oxygen atoms in total. The number of hydrogen-bond acceptors (Lipinski definition) is 5. The number of hydrogen-bond donors (Lipinski definition) is 2. The van der Waals surface area contributed by atoms with Gasteiger partial charge in [0.1, 0.15) is 5.82 Å². The molecule has 100 valence electrons. The molecule has 2 aromatic rings. The minimum Gasteiger partial charge on any atom is -0.365 e. The van der Waals surface area contributed by atoms with Gasteiger partial charge < -0.3 is 10.6 Å². The van der Waals surface area contributed by atoms with E-state index in [-0.39, 0.29) is 5.54 Å².